The maximum atomic E-state index is 9.73. The second kappa shape index (κ2) is 6.24. The van der Waals surface area contributed by atoms with Gasteiger partial charge in [0, 0.05) is 37.8 Å². The van der Waals surface area contributed by atoms with Crippen molar-refractivity contribution in [3.05, 3.63) is 22.7 Å². The molecule has 1 heterocycles. The Morgan fingerprint density at radius 2 is 2.39 bits per heavy atom. The van der Waals surface area contributed by atoms with Crippen molar-refractivity contribution in [2.75, 3.05) is 32.0 Å². The van der Waals surface area contributed by atoms with Gasteiger partial charge in [-0.1, -0.05) is 11.6 Å². The lowest BCUT2D eigenvalue weighted by atomic mass is 10.1. The predicted octanol–water partition coefficient (Wildman–Crippen LogP) is 0.706. The average Bonchev–Trinajstić information content (AvgIpc) is 2.37. The number of nitrogens with one attached hydrogen (secondary N) is 2. The van der Waals surface area contributed by atoms with Crippen LogP contribution < -0.4 is 16.4 Å². The second-order valence-electron chi connectivity index (χ2n) is 4.33. The number of nitrogens with two attached hydrogens (primary N) is 1. The maximum absolute atomic E-state index is 9.73. The van der Waals surface area contributed by atoms with Gasteiger partial charge >= 0.3 is 0 Å². The van der Waals surface area contributed by atoms with Crippen LogP contribution in [0.15, 0.2) is 12.1 Å². The summed E-state index contributed by atoms with van der Waals surface area (Å²) in [6.07, 6.45) is 0.171. The number of hydrogen-bond donors (Lipinski definition) is 4. The molecule has 1 atom stereocenters. The van der Waals surface area contributed by atoms with Crippen molar-refractivity contribution in [1.82, 2.24) is 10.6 Å². The van der Waals surface area contributed by atoms with Crippen molar-refractivity contribution in [3.63, 3.8) is 0 Å². The maximum Gasteiger partial charge on any atom is 0.122 e. The van der Waals surface area contributed by atoms with Crippen LogP contribution in [-0.2, 0) is 11.3 Å². The van der Waals surface area contributed by atoms with E-state index in [2.05, 4.69) is 10.6 Å². The van der Waals surface area contributed by atoms with Crippen molar-refractivity contribution >= 4 is 17.3 Å². The highest BCUT2D eigenvalue weighted by molar-refractivity contribution is 6.33. The summed E-state index contributed by atoms with van der Waals surface area (Å²) in [6, 6.07) is 3.15. The normalized spacial score (nSPS) is 19.9. The first-order valence-electron chi connectivity index (χ1n) is 5.96. The first kappa shape index (κ1) is 13.4. The van der Waals surface area contributed by atoms with Crippen molar-refractivity contribution < 1.29 is 9.84 Å². The molecule has 1 unspecified atom stereocenters. The van der Waals surface area contributed by atoms with Gasteiger partial charge in [0.2, 0.25) is 0 Å². The van der Waals surface area contributed by atoms with Crippen molar-refractivity contribution in [3.8, 4) is 5.75 Å². The second-order valence-corrected chi connectivity index (χ2v) is 4.74. The van der Waals surface area contributed by atoms with Crippen LogP contribution in [0.3, 0.4) is 0 Å². The summed E-state index contributed by atoms with van der Waals surface area (Å²) in [5.74, 6) is 0.159. The summed E-state index contributed by atoms with van der Waals surface area (Å²) in [5, 5.41) is 16.7. The number of hydrogen-bond acceptors (Lipinski definition) is 5. The van der Waals surface area contributed by atoms with E-state index in [1.165, 1.54) is 6.07 Å². The topological polar surface area (TPSA) is 79.5 Å². The van der Waals surface area contributed by atoms with Crippen molar-refractivity contribution in [1.29, 1.82) is 0 Å². The molecule has 1 saturated heterocycles. The number of aromatic hydroxyl groups is 1. The summed E-state index contributed by atoms with van der Waals surface area (Å²) in [5.41, 5.74) is 6.72. The molecule has 1 aromatic carbocycles. The number of halogens is 1. The predicted molar refractivity (Wildman–Crippen MR) is 71.8 cm³/mol. The number of phenolic OH excluding ortho intramolecular Hbond substituents is 1. The van der Waals surface area contributed by atoms with Gasteiger partial charge in [-0.05, 0) is 6.07 Å². The molecule has 1 aliphatic heterocycles. The molecule has 1 fully saturated rings. The van der Waals surface area contributed by atoms with Gasteiger partial charge in [0.25, 0.3) is 0 Å². The number of phenols is 1. The van der Waals surface area contributed by atoms with E-state index >= 15 is 0 Å². The standard InChI is InChI=1S/C12H18ClN3O2/c13-10-3-8(12(17)4-11(10)14)5-16-7-9-6-15-1-2-18-9/h3-4,9,15-17H,1-2,5-7,14H2. The van der Waals surface area contributed by atoms with Crippen LogP contribution in [0.25, 0.3) is 0 Å². The molecule has 2 rings (SSSR count). The Kier molecular flexibility index (Phi) is 4.66. The van der Waals surface area contributed by atoms with Gasteiger partial charge in [-0.3, -0.25) is 0 Å². The van der Waals surface area contributed by atoms with E-state index in [9.17, 15) is 5.11 Å². The molecule has 0 radical (unpaired) electrons. The molecule has 0 spiro atoms. The van der Waals surface area contributed by atoms with E-state index < -0.39 is 0 Å². The zero-order chi connectivity index (χ0) is 13.0. The number of anilines is 1. The van der Waals surface area contributed by atoms with Crippen LogP contribution in [-0.4, -0.2) is 37.5 Å². The largest absolute Gasteiger partial charge is 0.508 e. The number of nitrogen functional groups attached to an aromatic ring is 1. The molecule has 18 heavy (non-hydrogen) atoms. The summed E-state index contributed by atoms with van der Waals surface area (Å²) < 4.78 is 5.56. The molecule has 0 aromatic heterocycles. The van der Waals surface area contributed by atoms with E-state index in [1.807, 2.05) is 0 Å². The van der Waals surface area contributed by atoms with Crippen LogP contribution in [0.4, 0.5) is 5.69 Å². The third-order valence-corrected chi connectivity index (χ3v) is 3.22. The third kappa shape index (κ3) is 3.49. The van der Waals surface area contributed by atoms with Gasteiger partial charge in [-0.15, -0.1) is 0 Å². The third-order valence-electron chi connectivity index (χ3n) is 2.89. The Bertz CT molecular complexity index is 409. The Morgan fingerprint density at radius 3 is 3.11 bits per heavy atom. The first-order chi connectivity index (χ1) is 8.66. The quantitative estimate of drug-likeness (QED) is 0.607. The minimum absolute atomic E-state index is 0.159. The summed E-state index contributed by atoms with van der Waals surface area (Å²) in [4.78, 5) is 0. The van der Waals surface area contributed by atoms with Crippen LogP contribution >= 0.6 is 11.6 Å². The van der Waals surface area contributed by atoms with Gasteiger partial charge in [-0.25, -0.2) is 0 Å². The molecule has 1 aliphatic rings. The summed E-state index contributed by atoms with van der Waals surface area (Å²) in [7, 11) is 0. The Hall–Kier alpha value is -1.01. The lowest BCUT2D eigenvalue weighted by Crippen LogP contribution is -2.43. The van der Waals surface area contributed by atoms with E-state index in [-0.39, 0.29) is 11.9 Å². The molecule has 0 aliphatic carbocycles. The number of ether oxygens (including phenoxy) is 1. The average molecular weight is 272 g/mol. The van der Waals surface area contributed by atoms with Gasteiger partial charge in [0.05, 0.1) is 23.4 Å². The lowest BCUT2D eigenvalue weighted by molar-refractivity contribution is 0.0290. The molecule has 0 bridgehead atoms. The zero-order valence-electron chi connectivity index (χ0n) is 10.1. The molecule has 5 nitrogen and oxygen atoms in total. The number of rotatable bonds is 4. The van der Waals surface area contributed by atoms with Crippen LogP contribution in [0.1, 0.15) is 5.56 Å². The molecule has 0 amide bonds. The van der Waals surface area contributed by atoms with Gasteiger partial charge in [0.1, 0.15) is 5.75 Å². The molecule has 6 heteroatoms. The summed E-state index contributed by atoms with van der Waals surface area (Å²) >= 11 is 5.91. The smallest absolute Gasteiger partial charge is 0.122 e. The highest BCUT2D eigenvalue weighted by Gasteiger charge is 2.13. The molecular weight excluding hydrogens is 254 g/mol. The number of morpholine rings is 1. The van der Waals surface area contributed by atoms with Gasteiger partial charge < -0.3 is 26.2 Å². The fourth-order valence-electron chi connectivity index (χ4n) is 1.88. The highest BCUT2D eigenvalue weighted by Crippen LogP contribution is 2.27. The molecule has 1 aromatic rings. The summed E-state index contributed by atoms with van der Waals surface area (Å²) in [6.45, 7) is 3.76. The zero-order valence-corrected chi connectivity index (χ0v) is 10.8. The van der Waals surface area contributed by atoms with E-state index in [4.69, 9.17) is 22.1 Å². The Morgan fingerprint density at radius 1 is 1.56 bits per heavy atom. The lowest BCUT2D eigenvalue weighted by Gasteiger charge is -2.24. The fraction of sp³-hybridized carbons (Fsp3) is 0.500. The monoisotopic (exact) mass is 271 g/mol. The Balaban J connectivity index is 1.84. The molecule has 5 N–H and O–H groups in total. The molecular formula is C12H18ClN3O2. The molecule has 100 valence electrons. The first-order valence-corrected chi connectivity index (χ1v) is 6.34. The minimum atomic E-state index is 0.159. The Labute approximate surface area is 111 Å². The van der Waals surface area contributed by atoms with Crippen molar-refractivity contribution in [2.24, 2.45) is 0 Å². The minimum Gasteiger partial charge on any atom is -0.508 e. The molecule has 0 saturated carbocycles. The van der Waals surface area contributed by atoms with E-state index in [1.54, 1.807) is 6.07 Å². The van der Waals surface area contributed by atoms with Gasteiger partial charge in [-0.2, -0.15) is 0 Å². The van der Waals surface area contributed by atoms with Crippen molar-refractivity contribution in [2.45, 2.75) is 12.6 Å². The van der Waals surface area contributed by atoms with Crippen LogP contribution in [0, 0.1) is 0 Å². The fourth-order valence-corrected chi connectivity index (χ4v) is 2.07. The van der Waals surface area contributed by atoms with Gasteiger partial charge in [0.15, 0.2) is 0 Å². The van der Waals surface area contributed by atoms with E-state index in [0.29, 0.717) is 17.3 Å². The highest BCUT2D eigenvalue weighted by atomic mass is 35.5. The van der Waals surface area contributed by atoms with Crippen LogP contribution in [0.2, 0.25) is 5.02 Å². The number of benzene rings is 1. The SMILES string of the molecule is Nc1cc(O)c(CNCC2CNCCO2)cc1Cl. The van der Waals surface area contributed by atoms with Crippen LogP contribution in [0.5, 0.6) is 5.75 Å². The van der Waals surface area contributed by atoms with E-state index in [0.717, 1.165) is 31.8 Å².